The number of aromatic amines is 1. The van der Waals surface area contributed by atoms with Gasteiger partial charge in [-0.05, 0) is 37.3 Å². The van der Waals surface area contributed by atoms with E-state index in [9.17, 15) is 9.90 Å². The van der Waals surface area contributed by atoms with Crippen molar-refractivity contribution >= 4 is 34.4 Å². The van der Waals surface area contributed by atoms with E-state index in [0.29, 0.717) is 16.9 Å². The molecule has 3 N–H and O–H groups in total. The minimum Gasteiger partial charge on any atom is -0.494 e. The summed E-state index contributed by atoms with van der Waals surface area (Å²) >= 11 is 0. The molecule has 0 unspecified atom stereocenters. The quantitative estimate of drug-likeness (QED) is 0.642. The minimum atomic E-state index is -0.129. The molecule has 3 rings (SSSR count). The van der Waals surface area contributed by atoms with Gasteiger partial charge in [-0.2, -0.15) is 0 Å². The number of aromatic nitrogens is 1. The van der Waals surface area contributed by atoms with Crippen molar-refractivity contribution in [2.45, 2.75) is 13.8 Å². The number of aryl methyl sites for hydroxylation is 1. The number of fused-ring (bicyclic) bond motifs is 1. The van der Waals surface area contributed by atoms with E-state index in [-0.39, 0.29) is 11.8 Å². The predicted molar refractivity (Wildman–Crippen MR) is 92.7 cm³/mol. The maximum absolute atomic E-state index is 11.1. The lowest BCUT2D eigenvalue weighted by molar-refractivity contribution is -0.114. The van der Waals surface area contributed by atoms with Crippen LogP contribution in [0.2, 0.25) is 0 Å². The van der Waals surface area contributed by atoms with Crippen LogP contribution >= 0.6 is 0 Å². The van der Waals surface area contributed by atoms with Crippen LogP contribution in [-0.4, -0.2) is 22.2 Å². The largest absolute Gasteiger partial charge is 0.494 e. The molecule has 0 aliphatic heterocycles. The van der Waals surface area contributed by atoms with Crippen LogP contribution in [0.4, 0.5) is 11.4 Å². The summed E-state index contributed by atoms with van der Waals surface area (Å²) in [5, 5.41) is 13.7. The Kier molecular flexibility index (Phi) is 3.85. The highest BCUT2D eigenvalue weighted by atomic mass is 16.3. The fraction of sp³-hybridized carbons (Fsp3) is 0.111. The lowest BCUT2D eigenvalue weighted by atomic mass is 10.1. The van der Waals surface area contributed by atoms with Crippen molar-refractivity contribution in [2.75, 3.05) is 5.32 Å². The molecule has 5 nitrogen and oxygen atoms in total. The zero-order valence-corrected chi connectivity index (χ0v) is 12.9. The average molecular weight is 307 g/mol. The van der Waals surface area contributed by atoms with Crippen molar-refractivity contribution in [2.24, 2.45) is 4.99 Å². The van der Waals surface area contributed by atoms with Gasteiger partial charge in [0.15, 0.2) is 5.88 Å². The molecule has 116 valence electrons. The van der Waals surface area contributed by atoms with E-state index in [1.807, 2.05) is 37.3 Å². The maximum atomic E-state index is 11.1. The second-order valence-electron chi connectivity index (χ2n) is 5.43. The number of hydrogen-bond donors (Lipinski definition) is 3. The van der Waals surface area contributed by atoms with Crippen LogP contribution in [0.1, 0.15) is 18.1 Å². The van der Waals surface area contributed by atoms with Gasteiger partial charge < -0.3 is 15.4 Å². The number of benzene rings is 2. The molecule has 2 aromatic carbocycles. The minimum absolute atomic E-state index is 0.0902. The van der Waals surface area contributed by atoms with Crippen molar-refractivity contribution in [3.05, 3.63) is 53.6 Å². The molecule has 0 aliphatic carbocycles. The first kappa shape index (κ1) is 14.8. The van der Waals surface area contributed by atoms with Gasteiger partial charge in [-0.1, -0.05) is 17.7 Å². The number of nitrogens with one attached hydrogen (secondary N) is 2. The van der Waals surface area contributed by atoms with Gasteiger partial charge in [0.25, 0.3) is 0 Å². The molecular formula is C18H17N3O2. The second kappa shape index (κ2) is 5.96. The normalized spacial score (nSPS) is 11.2. The van der Waals surface area contributed by atoms with E-state index in [0.717, 1.165) is 16.5 Å². The molecule has 5 heteroatoms. The number of rotatable bonds is 3. The SMILES string of the molecule is CC(=O)Nc1cccc(N=Cc2c(O)[nH]c3ccc(C)cc23)c1. The monoisotopic (exact) mass is 307 g/mol. The van der Waals surface area contributed by atoms with Gasteiger partial charge in [0.2, 0.25) is 5.91 Å². The van der Waals surface area contributed by atoms with Gasteiger partial charge in [-0.3, -0.25) is 9.79 Å². The number of hydrogen-bond acceptors (Lipinski definition) is 3. The van der Waals surface area contributed by atoms with E-state index in [1.165, 1.54) is 6.92 Å². The van der Waals surface area contributed by atoms with Gasteiger partial charge >= 0.3 is 0 Å². The average Bonchev–Trinajstić information content (AvgIpc) is 2.80. The van der Waals surface area contributed by atoms with Crippen LogP contribution in [0.15, 0.2) is 47.5 Å². The maximum Gasteiger partial charge on any atom is 0.221 e. The predicted octanol–water partition coefficient (Wildman–Crippen LogP) is 3.89. The van der Waals surface area contributed by atoms with Crippen molar-refractivity contribution in [3.63, 3.8) is 0 Å². The van der Waals surface area contributed by atoms with Gasteiger partial charge in [0.05, 0.1) is 11.3 Å². The summed E-state index contributed by atoms with van der Waals surface area (Å²) in [6, 6.07) is 13.1. The third-order valence-corrected chi connectivity index (χ3v) is 3.48. The van der Waals surface area contributed by atoms with E-state index in [1.54, 1.807) is 18.3 Å². The molecular weight excluding hydrogens is 290 g/mol. The van der Waals surface area contributed by atoms with Crippen molar-refractivity contribution < 1.29 is 9.90 Å². The van der Waals surface area contributed by atoms with E-state index in [2.05, 4.69) is 15.3 Å². The highest BCUT2D eigenvalue weighted by Gasteiger charge is 2.08. The Hall–Kier alpha value is -3.08. The summed E-state index contributed by atoms with van der Waals surface area (Å²) in [4.78, 5) is 18.4. The van der Waals surface area contributed by atoms with Crippen molar-refractivity contribution in [1.82, 2.24) is 4.98 Å². The van der Waals surface area contributed by atoms with E-state index < -0.39 is 0 Å². The van der Waals surface area contributed by atoms with Gasteiger partial charge in [0.1, 0.15) is 0 Å². The Balaban J connectivity index is 1.95. The Morgan fingerprint density at radius 1 is 1.26 bits per heavy atom. The van der Waals surface area contributed by atoms with Crippen LogP contribution in [0.5, 0.6) is 5.88 Å². The lowest BCUT2D eigenvalue weighted by Gasteiger charge is -2.02. The summed E-state index contributed by atoms with van der Waals surface area (Å²) in [5.74, 6) is -0.0387. The Morgan fingerprint density at radius 3 is 2.87 bits per heavy atom. The number of amides is 1. The Morgan fingerprint density at radius 2 is 2.09 bits per heavy atom. The molecule has 0 radical (unpaired) electrons. The number of nitrogens with zero attached hydrogens (tertiary/aromatic N) is 1. The summed E-state index contributed by atoms with van der Waals surface area (Å²) in [6.45, 7) is 3.46. The Bertz CT molecular complexity index is 910. The van der Waals surface area contributed by atoms with Crippen molar-refractivity contribution in [1.29, 1.82) is 0 Å². The van der Waals surface area contributed by atoms with Crippen LogP contribution in [0.25, 0.3) is 10.9 Å². The highest BCUT2D eigenvalue weighted by molar-refractivity contribution is 6.03. The topological polar surface area (TPSA) is 77.5 Å². The number of aromatic hydroxyl groups is 1. The number of anilines is 1. The first-order valence-corrected chi connectivity index (χ1v) is 7.26. The lowest BCUT2D eigenvalue weighted by Crippen LogP contribution is -2.05. The Labute approximate surface area is 133 Å². The molecule has 1 amide bonds. The third-order valence-electron chi connectivity index (χ3n) is 3.48. The molecule has 0 atom stereocenters. The van der Waals surface area contributed by atoms with E-state index >= 15 is 0 Å². The van der Waals surface area contributed by atoms with Crippen LogP contribution in [-0.2, 0) is 4.79 Å². The van der Waals surface area contributed by atoms with Gasteiger partial charge in [-0.15, -0.1) is 0 Å². The van der Waals surface area contributed by atoms with E-state index in [4.69, 9.17) is 0 Å². The summed E-state index contributed by atoms with van der Waals surface area (Å²) in [6.07, 6.45) is 1.63. The summed E-state index contributed by atoms with van der Waals surface area (Å²) in [7, 11) is 0. The first-order chi connectivity index (χ1) is 11.0. The zero-order chi connectivity index (χ0) is 16.4. The molecule has 0 spiro atoms. The highest BCUT2D eigenvalue weighted by Crippen LogP contribution is 2.27. The molecule has 0 aliphatic rings. The molecule has 0 saturated carbocycles. The fourth-order valence-corrected chi connectivity index (χ4v) is 2.45. The van der Waals surface area contributed by atoms with Crippen LogP contribution in [0.3, 0.4) is 0 Å². The number of H-pyrrole nitrogens is 1. The molecule has 0 fully saturated rings. The molecule has 23 heavy (non-hydrogen) atoms. The van der Waals surface area contributed by atoms with Crippen LogP contribution in [0, 0.1) is 6.92 Å². The molecule has 1 aromatic heterocycles. The number of carbonyl (C=O) groups excluding carboxylic acids is 1. The first-order valence-electron chi connectivity index (χ1n) is 7.26. The second-order valence-corrected chi connectivity index (χ2v) is 5.43. The van der Waals surface area contributed by atoms with Crippen LogP contribution < -0.4 is 5.32 Å². The summed E-state index contributed by atoms with van der Waals surface area (Å²) in [5.41, 5.74) is 4.00. The fourth-order valence-electron chi connectivity index (χ4n) is 2.45. The molecule has 3 aromatic rings. The zero-order valence-electron chi connectivity index (χ0n) is 12.9. The molecule has 0 saturated heterocycles. The summed E-state index contributed by atoms with van der Waals surface area (Å²) < 4.78 is 0. The third kappa shape index (κ3) is 3.23. The number of aliphatic imine (C=N–C) groups is 1. The van der Waals surface area contributed by atoms with Crippen molar-refractivity contribution in [3.8, 4) is 5.88 Å². The van der Waals surface area contributed by atoms with Gasteiger partial charge in [0, 0.05) is 29.7 Å². The molecule has 0 bridgehead atoms. The van der Waals surface area contributed by atoms with Gasteiger partial charge in [-0.25, -0.2) is 0 Å². The standard InChI is InChI=1S/C18H17N3O2/c1-11-6-7-17-15(8-11)16(18(23)21-17)10-19-13-4-3-5-14(9-13)20-12(2)22/h3-10,21,23H,1-2H3,(H,20,22). The smallest absolute Gasteiger partial charge is 0.221 e. The number of carbonyl (C=O) groups is 1. The molecule has 1 heterocycles.